The van der Waals surface area contributed by atoms with Gasteiger partial charge in [-0.25, -0.2) is 0 Å². The monoisotopic (exact) mass is 347 g/mol. The maximum atomic E-state index is 11.8. The van der Waals surface area contributed by atoms with Crippen molar-refractivity contribution >= 4 is 45.8 Å². The second kappa shape index (κ2) is 4.75. The average Bonchev–Trinajstić information content (AvgIpc) is 2.63. The van der Waals surface area contributed by atoms with Crippen LogP contribution in [0.1, 0.15) is 6.42 Å². The predicted octanol–water partition coefficient (Wildman–Crippen LogP) is 3.48. The van der Waals surface area contributed by atoms with Crippen molar-refractivity contribution in [1.82, 2.24) is 0 Å². The fourth-order valence-corrected chi connectivity index (χ4v) is 2.61. The number of hydrogen-bond donors (Lipinski definition) is 0. The van der Waals surface area contributed by atoms with Gasteiger partial charge in [0.1, 0.15) is 0 Å². The van der Waals surface area contributed by atoms with Gasteiger partial charge < -0.3 is 4.90 Å². The SMILES string of the molecule is C=CC1CC(=O)N(c2cc(Cl)ccc2I)C1. The lowest BCUT2D eigenvalue weighted by molar-refractivity contribution is -0.117. The first kappa shape index (κ1) is 11.9. The molecule has 4 heteroatoms. The number of halogens is 2. The Labute approximate surface area is 113 Å². The molecule has 0 spiro atoms. The van der Waals surface area contributed by atoms with Crippen molar-refractivity contribution in [1.29, 1.82) is 0 Å². The molecule has 1 aliphatic rings. The second-order valence-electron chi connectivity index (χ2n) is 3.80. The first-order valence-corrected chi connectivity index (χ1v) is 6.45. The van der Waals surface area contributed by atoms with Gasteiger partial charge in [0.25, 0.3) is 0 Å². The molecule has 0 saturated carbocycles. The van der Waals surface area contributed by atoms with E-state index in [4.69, 9.17) is 11.6 Å². The van der Waals surface area contributed by atoms with Gasteiger partial charge in [-0.3, -0.25) is 4.79 Å². The predicted molar refractivity (Wildman–Crippen MR) is 74.8 cm³/mol. The Bertz CT molecular complexity index is 447. The van der Waals surface area contributed by atoms with Crippen molar-refractivity contribution in [3.63, 3.8) is 0 Å². The summed E-state index contributed by atoms with van der Waals surface area (Å²) in [6, 6.07) is 5.60. The molecular formula is C12H11ClINO. The van der Waals surface area contributed by atoms with E-state index in [1.54, 1.807) is 4.90 Å². The second-order valence-corrected chi connectivity index (χ2v) is 5.40. The number of nitrogens with zero attached hydrogens (tertiary/aromatic N) is 1. The Morgan fingerprint density at radius 3 is 2.94 bits per heavy atom. The number of anilines is 1. The summed E-state index contributed by atoms with van der Waals surface area (Å²) in [5, 5.41) is 0.658. The Morgan fingerprint density at radius 1 is 1.56 bits per heavy atom. The van der Waals surface area contributed by atoms with Crippen LogP contribution in [0.4, 0.5) is 5.69 Å². The summed E-state index contributed by atoms with van der Waals surface area (Å²) in [6.45, 7) is 4.45. The summed E-state index contributed by atoms with van der Waals surface area (Å²) in [7, 11) is 0. The molecule has 16 heavy (non-hydrogen) atoms. The zero-order valence-corrected chi connectivity index (χ0v) is 11.5. The minimum atomic E-state index is 0.144. The van der Waals surface area contributed by atoms with Crippen LogP contribution in [-0.4, -0.2) is 12.5 Å². The third kappa shape index (κ3) is 2.25. The van der Waals surface area contributed by atoms with Gasteiger partial charge in [0, 0.05) is 27.5 Å². The molecule has 1 fully saturated rings. The molecule has 1 amide bonds. The summed E-state index contributed by atoms with van der Waals surface area (Å²) in [6.07, 6.45) is 2.39. The van der Waals surface area contributed by atoms with Crippen LogP contribution in [0.3, 0.4) is 0 Å². The van der Waals surface area contributed by atoms with Crippen LogP contribution >= 0.6 is 34.2 Å². The lowest BCUT2D eigenvalue weighted by Crippen LogP contribution is -2.25. The maximum absolute atomic E-state index is 11.8. The van der Waals surface area contributed by atoms with Crippen molar-refractivity contribution in [2.45, 2.75) is 6.42 Å². The molecule has 0 N–H and O–H groups in total. The molecule has 2 nitrogen and oxygen atoms in total. The smallest absolute Gasteiger partial charge is 0.227 e. The topological polar surface area (TPSA) is 20.3 Å². The summed E-state index contributed by atoms with van der Waals surface area (Å²) in [5.41, 5.74) is 0.905. The highest BCUT2D eigenvalue weighted by Crippen LogP contribution is 2.31. The third-order valence-corrected chi connectivity index (χ3v) is 3.83. The molecule has 0 radical (unpaired) electrons. The van der Waals surface area contributed by atoms with Gasteiger partial charge in [-0.15, -0.1) is 6.58 Å². The Kier molecular flexibility index (Phi) is 3.54. The summed E-state index contributed by atoms with van der Waals surface area (Å²) in [4.78, 5) is 13.6. The van der Waals surface area contributed by atoms with Crippen molar-refractivity contribution in [3.8, 4) is 0 Å². The minimum Gasteiger partial charge on any atom is -0.311 e. The maximum Gasteiger partial charge on any atom is 0.227 e. The molecule has 1 unspecified atom stereocenters. The van der Waals surface area contributed by atoms with Crippen molar-refractivity contribution in [2.75, 3.05) is 11.4 Å². The van der Waals surface area contributed by atoms with E-state index in [9.17, 15) is 4.79 Å². The average molecular weight is 348 g/mol. The first-order valence-electron chi connectivity index (χ1n) is 5.00. The van der Waals surface area contributed by atoms with Gasteiger partial charge in [0.2, 0.25) is 5.91 Å². The molecule has 1 saturated heterocycles. The largest absolute Gasteiger partial charge is 0.311 e. The Hall–Kier alpha value is -0.550. The number of carbonyl (C=O) groups is 1. The molecule has 0 aliphatic carbocycles. The van der Waals surface area contributed by atoms with Gasteiger partial charge in [-0.1, -0.05) is 17.7 Å². The molecule has 0 bridgehead atoms. The summed E-state index contributed by atoms with van der Waals surface area (Å²) in [5.74, 6) is 0.396. The van der Waals surface area contributed by atoms with E-state index in [1.165, 1.54) is 0 Å². The number of carbonyl (C=O) groups excluding carboxylic acids is 1. The lowest BCUT2D eigenvalue weighted by atomic mass is 10.1. The van der Waals surface area contributed by atoms with Crippen LogP contribution < -0.4 is 4.90 Å². The number of benzene rings is 1. The molecular weight excluding hydrogens is 336 g/mol. The standard InChI is InChI=1S/C12H11ClINO/c1-2-8-5-12(16)15(7-8)11-6-9(13)3-4-10(11)14/h2-4,6,8H,1,5,7H2. The first-order chi connectivity index (χ1) is 7.61. The molecule has 0 aromatic heterocycles. The molecule has 2 rings (SSSR count). The highest BCUT2D eigenvalue weighted by Gasteiger charge is 2.29. The van der Waals surface area contributed by atoms with Crippen molar-refractivity contribution in [2.24, 2.45) is 5.92 Å². The molecule has 1 aliphatic heterocycles. The quantitative estimate of drug-likeness (QED) is 0.592. The lowest BCUT2D eigenvalue weighted by Gasteiger charge is -2.18. The highest BCUT2D eigenvalue weighted by molar-refractivity contribution is 14.1. The van der Waals surface area contributed by atoms with Crippen LogP contribution in [0.15, 0.2) is 30.9 Å². The summed E-state index contributed by atoms with van der Waals surface area (Å²) >= 11 is 8.17. The molecule has 1 atom stereocenters. The van der Waals surface area contributed by atoms with Crippen LogP contribution in [0, 0.1) is 9.49 Å². The Balaban J connectivity index is 2.34. The van der Waals surface area contributed by atoms with E-state index in [0.29, 0.717) is 18.0 Å². The van der Waals surface area contributed by atoms with Crippen LogP contribution in [0.2, 0.25) is 5.02 Å². The fourth-order valence-electron chi connectivity index (χ4n) is 1.82. The highest BCUT2D eigenvalue weighted by atomic mass is 127. The normalized spacial score (nSPS) is 20.2. The van der Waals surface area contributed by atoms with Crippen LogP contribution in [0.5, 0.6) is 0 Å². The number of hydrogen-bond acceptors (Lipinski definition) is 1. The number of amides is 1. The van der Waals surface area contributed by atoms with E-state index < -0.39 is 0 Å². The van der Waals surface area contributed by atoms with E-state index in [1.807, 2.05) is 24.3 Å². The van der Waals surface area contributed by atoms with Crippen LogP contribution in [0.25, 0.3) is 0 Å². The van der Waals surface area contributed by atoms with Gasteiger partial charge in [0.05, 0.1) is 5.69 Å². The number of rotatable bonds is 2. The van der Waals surface area contributed by atoms with Crippen molar-refractivity contribution < 1.29 is 4.79 Å². The van der Waals surface area contributed by atoms with Crippen LogP contribution in [-0.2, 0) is 4.79 Å². The molecule has 1 heterocycles. The fraction of sp³-hybridized carbons (Fsp3) is 0.250. The molecule has 1 aromatic rings. The van der Waals surface area contributed by atoms with Gasteiger partial charge in [-0.05, 0) is 40.8 Å². The van der Waals surface area contributed by atoms with Gasteiger partial charge in [0.15, 0.2) is 0 Å². The zero-order valence-electron chi connectivity index (χ0n) is 8.62. The van der Waals surface area contributed by atoms with E-state index in [-0.39, 0.29) is 11.8 Å². The summed E-state index contributed by atoms with van der Waals surface area (Å²) < 4.78 is 1.04. The van der Waals surface area contributed by atoms with E-state index in [2.05, 4.69) is 29.2 Å². The Morgan fingerprint density at radius 2 is 2.31 bits per heavy atom. The molecule has 1 aromatic carbocycles. The van der Waals surface area contributed by atoms with Gasteiger partial charge >= 0.3 is 0 Å². The zero-order chi connectivity index (χ0) is 11.7. The van der Waals surface area contributed by atoms with E-state index in [0.717, 1.165) is 9.26 Å². The van der Waals surface area contributed by atoms with E-state index >= 15 is 0 Å². The minimum absolute atomic E-state index is 0.144. The van der Waals surface area contributed by atoms with Crippen molar-refractivity contribution in [3.05, 3.63) is 39.4 Å². The molecule has 84 valence electrons. The third-order valence-electron chi connectivity index (χ3n) is 2.69. The van der Waals surface area contributed by atoms with Gasteiger partial charge in [-0.2, -0.15) is 0 Å².